The second-order valence-electron chi connectivity index (χ2n) is 5.09. The Balaban J connectivity index is 2.55. The molecule has 1 aromatic heterocycles. The molecule has 4 N–H and O–H groups in total. The smallest absolute Gasteiger partial charge is 0.266 e. The van der Waals surface area contributed by atoms with Crippen LogP contribution in [0.5, 0.6) is 0 Å². The number of benzene rings is 1. The van der Waals surface area contributed by atoms with Crippen molar-refractivity contribution in [1.29, 1.82) is 0 Å². The molecule has 126 valence electrons. The molecule has 0 aliphatic heterocycles. The molecule has 1 amide bonds. The van der Waals surface area contributed by atoms with Crippen LogP contribution in [0.4, 0.5) is 11.5 Å². The Morgan fingerprint density at radius 2 is 2.08 bits per heavy atom. The minimum Gasteiger partial charge on any atom is -0.365 e. The molecule has 8 heteroatoms. The van der Waals surface area contributed by atoms with E-state index in [9.17, 15) is 14.4 Å². The number of H-pyrrole nitrogens is 1. The zero-order valence-corrected chi connectivity index (χ0v) is 14.4. The van der Waals surface area contributed by atoms with Gasteiger partial charge in [0.1, 0.15) is 5.56 Å². The number of Topliss-reactive ketones (excluding diaryl/α,β-unsaturated/α-hetero) is 1. The average Bonchev–Trinajstić information content (AvgIpc) is 2.55. The summed E-state index contributed by atoms with van der Waals surface area (Å²) in [6, 6.07) is 5.20. The highest BCUT2D eigenvalue weighted by molar-refractivity contribution is 7.98. The molecule has 1 aromatic carbocycles. The first-order chi connectivity index (χ1) is 11.4. The van der Waals surface area contributed by atoms with Gasteiger partial charge in [0, 0.05) is 17.7 Å². The third-order valence-electron chi connectivity index (χ3n) is 3.47. The van der Waals surface area contributed by atoms with E-state index in [0.717, 1.165) is 5.56 Å². The number of aromatic amines is 1. The monoisotopic (exact) mass is 346 g/mol. The molecule has 2 aromatic rings. The summed E-state index contributed by atoms with van der Waals surface area (Å²) in [5, 5.41) is 3.31. The molecule has 2 rings (SSSR count). The third kappa shape index (κ3) is 3.65. The van der Waals surface area contributed by atoms with Crippen molar-refractivity contribution < 1.29 is 9.59 Å². The van der Waals surface area contributed by atoms with Crippen LogP contribution in [0.15, 0.2) is 28.2 Å². The lowest BCUT2D eigenvalue weighted by Crippen LogP contribution is -2.26. The normalized spacial score (nSPS) is 10.5. The van der Waals surface area contributed by atoms with Gasteiger partial charge in [-0.3, -0.25) is 14.4 Å². The van der Waals surface area contributed by atoms with Crippen molar-refractivity contribution in [1.82, 2.24) is 9.97 Å². The van der Waals surface area contributed by atoms with Gasteiger partial charge in [-0.25, -0.2) is 4.98 Å². The van der Waals surface area contributed by atoms with E-state index in [1.165, 1.54) is 11.8 Å². The molecule has 0 aliphatic rings. The number of aryl methyl sites for hydroxylation is 1. The molecule has 24 heavy (non-hydrogen) atoms. The largest absolute Gasteiger partial charge is 0.365 e. The van der Waals surface area contributed by atoms with Crippen LogP contribution in [0.3, 0.4) is 0 Å². The predicted octanol–water partition coefficient (Wildman–Crippen LogP) is 2.24. The van der Waals surface area contributed by atoms with Gasteiger partial charge in [-0.2, -0.15) is 0 Å². The Labute approximate surface area is 143 Å². The van der Waals surface area contributed by atoms with Crippen molar-refractivity contribution in [2.75, 3.05) is 11.6 Å². The Morgan fingerprint density at radius 1 is 1.38 bits per heavy atom. The number of hydrogen-bond acceptors (Lipinski definition) is 6. The maximum Gasteiger partial charge on any atom is 0.266 e. The van der Waals surface area contributed by atoms with Crippen LogP contribution in [0, 0.1) is 6.92 Å². The van der Waals surface area contributed by atoms with Gasteiger partial charge in [0.15, 0.2) is 16.8 Å². The topological polar surface area (TPSA) is 118 Å². The fourth-order valence-electron chi connectivity index (χ4n) is 2.13. The van der Waals surface area contributed by atoms with Crippen LogP contribution < -0.4 is 16.6 Å². The fourth-order valence-corrected chi connectivity index (χ4v) is 2.51. The predicted molar refractivity (Wildman–Crippen MR) is 94.2 cm³/mol. The quantitative estimate of drug-likeness (QED) is 0.419. The average molecular weight is 346 g/mol. The molecule has 0 saturated heterocycles. The van der Waals surface area contributed by atoms with Crippen molar-refractivity contribution in [3.8, 4) is 0 Å². The van der Waals surface area contributed by atoms with Gasteiger partial charge in [0.05, 0.1) is 0 Å². The highest BCUT2D eigenvalue weighted by Gasteiger charge is 2.18. The molecule has 0 fully saturated rings. The first-order valence-corrected chi connectivity index (χ1v) is 8.48. The lowest BCUT2D eigenvalue weighted by molar-refractivity contribution is 0.0983. The molecule has 0 unspecified atom stereocenters. The van der Waals surface area contributed by atoms with Gasteiger partial charge >= 0.3 is 0 Å². The highest BCUT2D eigenvalue weighted by atomic mass is 32.2. The number of aromatic nitrogens is 2. The molecule has 0 spiro atoms. The fraction of sp³-hybridized carbons (Fsp3) is 0.250. The van der Waals surface area contributed by atoms with Crippen LogP contribution in [0.2, 0.25) is 0 Å². The van der Waals surface area contributed by atoms with Crippen molar-refractivity contribution in [3.63, 3.8) is 0 Å². The summed E-state index contributed by atoms with van der Waals surface area (Å²) < 4.78 is 0. The second kappa shape index (κ2) is 7.31. The van der Waals surface area contributed by atoms with E-state index in [0.29, 0.717) is 22.8 Å². The molecule has 0 aliphatic carbocycles. The molecule has 0 saturated carbocycles. The highest BCUT2D eigenvalue weighted by Crippen LogP contribution is 2.23. The van der Waals surface area contributed by atoms with Crippen LogP contribution in [0.25, 0.3) is 0 Å². The number of nitrogens with two attached hydrogens (primary N) is 1. The van der Waals surface area contributed by atoms with Crippen LogP contribution >= 0.6 is 11.8 Å². The maximum absolute atomic E-state index is 12.1. The summed E-state index contributed by atoms with van der Waals surface area (Å²) in [4.78, 5) is 42.2. The Bertz CT molecular complexity index is 861. The van der Waals surface area contributed by atoms with E-state index in [1.807, 2.05) is 6.92 Å². The van der Waals surface area contributed by atoms with E-state index in [-0.39, 0.29) is 17.2 Å². The molecule has 0 atom stereocenters. The van der Waals surface area contributed by atoms with E-state index in [2.05, 4.69) is 15.3 Å². The standard InChI is InChI=1S/C16H18N4O3S/c1-4-11(21)9-6-5-8(2)10(7-9)18-14-12(13(17)22)15(23)20-16(19-14)24-3/h5-7H,4H2,1-3H3,(H2,17,22)(H2,18,19,20,23). The number of ketones is 1. The summed E-state index contributed by atoms with van der Waals surface area (Å²) in [7, 11) is 0. The van der Waals surface area contributed by atoms with Gasteiger partial charge in [0.2, 0.25) is 0 Å². The Kier molecular flexibility index (Phi) is 5.40. The molecular formula is C16H18N4O3S. The number of hydrogen-bond donors (Lipinski definition) is 3. The van der Waals surface area contributed by atoms with E-state index in [4.69, 9.17) is 5.73 Å². The van der Waals surface area contributed by atoms with Crippen LogP contribution in [0.1, 0.15) is 39.6 Å². The Morgan fingerprint density at radius 3 is 2.67 bits per heavy atom. The summed E-state index contributed by atoms with van der Waals surface area (Å²) in [6.07, 6.45) is 2.13. The summed E-state index contributed by atoms with van der Waals surface area (Å²) in [5.74, 6) is -0.811. The maximum atomic E-state index is 12.1. The molecule has 0 radical (unpaired) electrons. The van der Waals surface area contributed by atoms with Crippen molar-refractivity contribution >= 4 is 35.0 Å². The van der Waals surface area contributed by atoms with Crippen LogP contribution in [-0.4, -0.2) is 27.9 Å². The second-order valence-corrected chi connectivity index (χ2v) is 5.89. The number of nitrogens with one attached hydrogen (secondary N) is 2. The van der Waals surface area contributed by atoms with Crippen molar-refractivity contribution in [2.45, 2.75) is 25.4 Å². The zero-order valence-electron chi connectivity index (χ0n) is 13.6. The van der Waals surface area contributed by atoms with Crippen molar-refractivity contribution in [2.24, 2.45) is 5.73 Å². The number of amides is 1. The first kappa shape index (κ1) is 17.7. The molecular weight excluding hydrogens is 328 g/mol. The van der Waals surface area contributed by atoms with Gasteiger partial charge in [0.25, 0.3) is 11.5 Å². The molecule has 7 nitrogen and oxygen atoms in total. The summed E-state index contributed by atoms with van der Waals surface area (Å²) in [5.41, 5.74) is 6.41. The number of primary amides is 1. The SMILES string of the molecule is CCC(=O)c1ccc(C)c(Nc2nc(SC)[nH]c(=O)c2C(N)=O)c1. The molecule has 1 heterocycles. The first-order valence-electron chi connectivity index (χ1n) is 7.26. The Hall–Kier alpha value is -2.61. The molecule has 0 bridgehead atoms. The number of thioether (sulfide) groups is 1. The van der Waals surface area contributed by atoms with E-state index >= 15 is 0 Å². The number of rotatable bonds is 6. The van der Waals surface area contributed by atoms with Gasteiger partial charge in [-0.15, -0.1) is 0 Å². The number of anilines is 2. The van der Waals surface area contributed by atoms with Gasteiger partial charge in [-0.1, -0.05) is 30.8 Å². The lowest BCUT2D eigenvalue weighted by atomic mass is 10.0. The van der Waals surface area contributed by atoms with E-state index < -0.39 is 11.5 Å². The summed E-state index contributed by atoms with van der Waals surface area (Å²) in [6.45, 7) is 3.62. The van der Waals surface area contributed by atoms with Crippen molar-refractivity contribution in [3.05, 3.63) is 45.2 Å². The number of nitrogens with zero attached hydrogens (tertiary/aromatic N) is 1. The number of carbonyl (C=O) groups excluding carboxylic acids is 2. The zero-order chi connectivity index (χ0) is 17.9. The van der Waals surface area contributed by atoms with Gasteiger partial charge in [-0.05, 0) is 24.8 Å². The number of carbonyl (C=O) groups is 2. The summed E-state index contributed by atoms with van der Waals surface area (Å²) >= 11 is 1.23. The lowest BCUT2D eigenvalue weighted by Gasteiger charge is -2.13. The third-order valence-corrected chi connectivity index (χ3v) is 4.05. The van der Waals surface area contributed by atoms with E-state index in [1.54, 1.807) is 31.4 Å². The van der Waals surface area contributed by atoms with Gasteiger partial charge < -0.3 is 16.0 Å². The van der Waals surface area contributed by atoms with Crippen LogP contribution in [-0.2, 0) is 0 Å². The minimum absolute atomic E-state index is 0.00292. The minimum atomic E-state index is -0.877.